The molecule has 1 saturated carbocycles. The third-order valence-corrected chi connectivity index (χ3v) is 7.28. The van der Waals surface area contributed by atoms with Crippen LogP contribution in [-0.2, 0) is 0 Å². The van der Waals surface area contributed by atoms with E-state index < -0.39 is 0 Å². The van der Waals surface area contributed by atoms with Crippen LogP contribution in [0, 0.1) is 5.92 Å². The van der Waals surface area contributed by atoms with E-state index in [1.54, 1.807) is 7.11 Å². The topological polar surface area (TPSA) is 96.0 Å². The molecule has 2 unspecified atom stereocenters. The lowest BCUT2D eigenvalue weighted by atomic mass is 9.89. The van der Waals surface area contributed by atoms with Crippen molar-refractivity contribution in [3.63, 3.8) is 0 Å². The van der Waals surface area contributed by atoms with Crippen LogP contribution in [0.4, 0.5) is 23.5 Å². The number of nitrogens with zero attached hydrogens (tertiary/aromatic N) is 3. The lowest BCUT2D eigenvalue weighted by Crippen LogP contribution is -2.40. The number of benzene rings is 1. The molecule has 1 aromatic heterocycles. The summed E-state index contributed by atoms with van der Waals surface area (Å²) in [5.41, 5.74) is 0.877. The quantitative estimate of drug-likeness (QED) is 0.336. The van der Waals surface area contributed by atoms with Crippen LogP contribution in [0.2, 0.25) is 0 Å². The van der Waals surface area contributed by atoms with Gasteiger partial charge in [-0.1, -0.05) is 26.2 Å². The summed E-state index contributed by atoms with van der Waals surface area (Å²) in [6.45, 7) is 4.18. The second-order valence-corrected chi connectivity index (χ2v) is 9.88. The summed E-state index contributed by atoms with van der Waals surface area (Å²) in [5, 5.41) is 14.0. The van der Waals surface area contributed by atoms with Crippen LogP contribution in [0.3, 0.4) is 0 Å². The van der Waals surface area contributed by atoms with Gasteiger partial charge in [0.25, 0.3) is 0 Å². The van der Waals surface area contributed by atoms with Crippen LogP contribution < -0.4 is 26.0 Å². The molecule has 0 spiro atoms. The number of rotatable bonds is 10. The van der Waals surface area contributed by atoms with Crippen molar-refractivity contribution in [3.05, 3.63) is 22.7 Å². The van der Waals surface area contributed by atoms with Gasteiger partial charge in [0.2, 0.25) is 17.8 Å². The van der Waals surface area contributed by atoms with Crippen molar-refractivity contribution >= 4 is 39.5 Å². The molecule has 0 radical (unpaired) electrons. The van der Waals surface area contributed by atoms with E-state index in [4.69, 9.17) is 14.7 Å². The number of nitrogens with one attached hydrogen (secondary N) is 4. The monoisotopic (exact) mass is 517 g/mol. The van der Waals surface area contributed by atoms with Gasteiger partial charge < -0.3 is 26.0 Å². The Balaban J connectivity index is 1.52. The highest BCUT2D eigenvalue weighted by Gasteiger charge is 2.24. The predicted octanol–water partition coefficient (Wildman–Crippen LogP) is 5.32. The molecule has 1 aromatic carbocycles. The van der Waals surface area contributed by atoms with Gasteiger partial charge in [-0.25, -0.2) is 0 Å². The summed E-state index contributed by atoms with van der Waals surface area (Å²) in [6.07, 6.45) is 9.95. The minimum Gasteiger partial charge on any atom is -0.496 e. The van der Waals surface area contributed by atoms with E-state index in [1.807, 2.05) is 18.2 Å². The maximum absolute atomic E-state index is 5.34. The summed E-state index contributed by atoms with van der Waals surface area (Å²) in [7, 11) is 1.66. The van der Waals surface area contributed by atoms with E-state index in [2.05, 4.69) is 49.1 Å². The maximum Gasteiger partial charge on any atom is 0.233 e. The van der Waals surface area contributed by atoms with Gasteiger partial charge in [0.15, 0.2) is 0 Å². The molecule has 0 bridgehead atoms. The van der Waals surface area contributed by atoms with E-state index in [1.165, 1.54) is 44.9 Å². The van der Waals surface area contributed by atoms with Crippen molar-refractivity contribution in [3.8, 4) is 5.75 Å². The number of anilines is 4. The van der Waals surface area contributed by atoms with Gasteiger partial charge >= 0.3 is 0 Å². The fourth-order valence-electron chi connectivity index (χ4n) is 4.78. The minimum atomic E-state index is 0.282. The first-order valence-electron chi connectivity index (χ1n) is 12.2. The molecule has 2 aliphatic rings. The first-order chi connectivity index (χ1) is 16.1. The zero-order chi connectivity index (χ0) is 23.0. The van der Waals surface area contributed by atoms with Gasteiger partial charge in [0, 0.05) is 24.3 Å². The molecule has 180 valence electrons. The number of halogens is 1. The molecule has 2 heterocycles. The summed E-state index contributed by atoms with van der Waals surface area (Å²) in [6, 6.07) is 6.55. The molecule has 1 aliphatic carbocycles. The van der Waals surface area contributed by atoms with Crippen molar-refractivity contribution in [2.45, 2.75) is 70.4 Å². The molecule has 2 atom stereocenters. The van der Waals surface area contributed by atoms with Gasteiger partial charge in [-0.3, -0.25) is 0 Å². The highest BCUT2D eigenvalue weighted by molar-refractivity contribution is 9.10. The second kappa shape index (κ2) is 11.8. The van der Waals surface area contributed by atoms with E-state index in [9.17, 15) is 0 Å². The Morgan fingerprint density at radius 2 is 1.85 bits per heavy atom. The Bertz CT molecular complexity index is 900. The third-order valence-electron chi connectivity index (χ3n) is 6.66. The average molecular weight is 519 g/mol. The second-order valence-electron chi connectivity index (χ2n) is 9.03. The van der Waals surface area contributed by atoms with Gasteiger partial charge in [0.1, 0.15) is 5.75 Å². The molecule has 33 heavy (non-hydrogen) atoms. The van der Waals surface area contributed by atoms with Gasteiger partial charge in [0.05, 0.1) is 11.6 Å². The Morgan fingerprint density at radius 1 is 1.06 bits per heavy atom. The normalized spacial score (nSPS) is 19.8. The van der Waals surface area contributed by atoms with Crippen LogP contribution in [0.1, 0.15) is 58.3 Å². The lowest BCUT2D eigenvalue weighted by molar-refractivity contribution is 0.373. The highest BCUT2D eigenvalue weighted by Crippen LogP contribution is 2.29. The van der Waals surface area contributed by atoms with Crippen LogP contribution in [0.15, 0.2) is 22.7 Å². The zero-order valence-electron chi connectivity index (χ0n) is 19.7. The standard InChI is InChI=1S/C24H36BrN7O/c1-3-19(20-10-7-13-26-20)29-24-31-22(27-15-16-8-5-4-6-9-16)30-23(32-24)28-17-11-12-21(33-2)18(25)14-17/h11-12,14,16,19-20,26H,3-10,13,15H2,1-2H3,(H3,27,28,29,30,31,32). The average Bonchev–Trinajstić information content (AvgIpc) is 3.37. The number of aromatic nitrogens is 3. The fourth-order valence-corrected chi connectivity index (χ4v) is 5.32. The molecular formula is C24H36BrN7O. The number of hydrogen-bond acceptors (Lipinski definition) is 8. The molecule has 1 aliphatic heterocycles. The number of methoxy groups -OCH3 is 1. The number of ether oxygens (including phenoxy) is 1. The SMILES string of the molecule is CCC(Nc1nc(NCC2CCCCC2)nc(Nc2ccc(OC)c(Br)c2)n1)C1CCCN1. The zero-order valence-corrected chi connectivity index (χ0v) is 21.2. The lowest BCUT2D eigenvalue weighted by Gasteiger charge is -2.24. The summed E-state index contributed by atoms with van der Waals surface area (Å²) in [5.74, 6) is 3.20. The molecule has 9 heteroatoms. The van der Waals surface area contributed by atoms with Crippen LogP contribution in [0.5, 0.6) is 5.75 Å². The van der Waals surface area contributed by atoms with Crippen LogP contribution in [-0.4, -0.2) is 47.2 Å². The molecule has 8 nitrogen and oxygen atoms in total. The van der Waals surface area contributed by atoms with Gasteiger partial charge in [-0.05, 0) is 78.7 Å². The van der Waals surface area contributed by atoms with Crippen molar-refractivity contribution < 1.29 is 4.74 Å². The van der Waals surface area contributed by atoms with E-state index in [-0.39, 0.29) is 6.04 Å². The maximum atomic E-state index is 5.34. The first kappa shape index (κ1) is 24.0. The van der Waals surface area contributed by atoms with Crippen molar-refractivity contribution in [2.75, 3.05) is 36.1 Å². The fraction of sp³-hybridized carbons (Fsp3) is 0.625. The van der Waals surface area contributed by atoms with Crippen molar-refractivity contribution in [2.24, 2.45) is 5.92 Å². The van der Waals surface area contributed by atoms with Gasteiger partial charge in [-0.15, -0.1) is 0 Å². The largest absolute Gasteiger partial charge is 0.496 e. The number of hydrogen-bond donors (Lipinski definition) is 4. The molecule has 2 aromatic rings. The van der Waals surface area contributed by atoms with E-state index in [0.717, 1.165) is 35.4 Å². The molecule has 4 N–H and O–H groups in total. The smallest absolute Gasteiger partial charge is 0.233 e. The van der Waals surface area contributed by atoms with Gasteiger partial charge in [-0.2, -0.15) is 15.0 Å². The summed E-state index contributed by atoms with van der Waals surface area (Å²) < 4.78 is 6.21. The molecule has 2 fully saturated rings. The summed E-state index contributed by atoms with van der Waals surface area (Å²) >= 11 is 3.55. The molecular weight excluding hydrogens is 482 g/mol. The molecule has 1 saturated heterocycles. The third kappa shape index (κ3) is 6.69. The van der Waals surface area contributed by atoms with E-state index in [0.29, 0.717) is 29.8 Å². The Hall–Kier alpha value is -2.13. The van der Waals surface area contributed by atoms with Crippen LogP contribution >= 0.6 is 15.9 Å². The van der Waals surface area contributed by atoms with Crippen LogP contribution in [0.25, 0.3) is 0 Å². The summed E-state index contributed by atoms with van der Waals surface area (Å²) in [4.78, 5) is 14.1. The predicted molar refractivity (Wildman–Crippen MR) is 138 cm³/mol. The molecule has 0 amide bonds. The Kier molecular flexibility index (Phi) is 8.61. The van der Waals surface area contributed by atoms with E-state index >= 15 is 0 Å². The van der Waals surface area contributed by atoms with Crippen molar-refractivity contribution in [1.82, 2.24) is 20.3 Å². The molecule has 4 rings (SSSR count). The minimum absolute atomic E-state index is 0.282. The first-order valence-corrected chi connectivity index (χ1v) is 13.0. The Labute approximate surface area is 205 Å². The van der Waals surface area contributed by atoms with Crippen molar-refractivity contribution in [1.29, 1.82) is 0 Å². The Morgan fingerprint density at radius 3 is 2.55 bits per heavy atom. The highest BCUT2D eigenvalue weighted by atomic mass is 79.9.